The van der Waals surface area contributed by atoms with Gasteiger partial charge in [-0.25, -0.2) is 4.79 Å². The molecule has 0 fully saturated rings. The van der Waals surface area contributed by atoms with Crippen LogP contribution in [-0.2, 0) is 21.3 Å². The summed E-state index contributed by atoms with van der Waals surface area (Å²) < 4.78 is 16.3. The van der Waals surface area contributed by atoms with Gasteiger partial charge in [-0.2, -0.15) is 0 Å². The molecule has 4 heteroatoms. The van der Waals surface area contributed by atoms with Crippen molar-refractivity contribution in [2.75, 3.05) is 12.9 Å². The molecule has 3 nitrogen and oxygen atoms in total. The lowest BCUT2D eigenvalue weighted by Crippen LogP contribution is -2.07. The van der Waals surface area contributed by atoms with E-state index in [1.165, 1.54) is 7.11 Å². The molecule has 0 aliphatic heterocycles. The molecule has 0 saturated carbocycles. The number of rotatable bonds is 5. The van der Waals surface area contributed by atoms with Gasteiger partial charge in [0.25, 0.3) is 0 Å². The van der Waals surface area contributed by atoms with Gasteiger partial charge in [0, 0.05) is 22.3 Å². The predicted molar refractivity (Wildman–Crippen MR) is 69.3 cm³/mol. The first-order chi connectivity index (χ1) is 8.02. The quantitative estimate of drug-likeness (QED) is 0.758. The Kier molecular flexibility index (Phi) is 5.35. The van der Waals surface area contributed by atoms with Gasteiger partial charge in [0.05, 0.1) is 12.7 Å². The van der Waals surface area contributed by atoms with Crippen LogP contribution < -0.4 is 0 Å². The smallest absolute Gasteiger partial charge is 0.337 e. The highest BCUT2D eigenvalue weighted by Crippen LogP contribution is 2.09. The van der Waals surface area contributed by atoms with E-state index in [1.54, 1.807) is 12.1 Å². The minimum Gasteiger partial charge on any atom is -0.465 e. The first kappa shape index (κ1) is 13.9. The zero-order chi connectivity index (χ0) is 12.8. The highest BCUT2D eigenvalue weighted by atomic mass is 32.2. The number of benzene rings is 1. The van der Waals surface area contributed by atoms with Gasteiger partial charge in [0.15, 0.2) is 0 Å². The van der Waals surface area contributed by atoms with Crippen LogP contribution in [0.1, 0.15) is 29.8 Å². The van der Waals surface area contributed by atoms with Crippen LogP contribution in [0, 0.1) is 5.92 Å². The van der Waals surface area contributed by atoms with Gasteiger partial charge in [-0.15, -0.1) is 0 Å². The first-order valence-electron chi connectivity index (χ1n) is 5.55. The first-order valence-corrected chi connectivity index (χ1v) is 7.04. The largest absolute Gasteiger partial charge is 0.465 e. The molecule has 0 saturated heterocycles. The summed E-state index contributed by atoms with van der Waals surface area (Å²) in [5.74, 6) is 1.34. The third kappa shape index (κ3) is 4.69. The third-order valence-corrected chi connectivity index (χ3v) is 3.92. The SMILES string of the molecule is COC(=O)c1ccc(CS(=O)CC(C)C)cc1. The standard InChI is InChI=1S/C13H18O3S/c1-10(2)8-17(15)9-11-4-6-12(7-5-11)13(14)16-3/h4-7,10H,8-9H2,1-3H3. The second-order valence-corrected chi connectivity index (χ2v) is 5.83. The Morgan fingerprint density at radius 1 is 1.29 bits per heavy atom. The average Bonchev–Trinajstić information content (AvgIpc) is 2.28. The highest BCUT2D eigenvalue weighted by Gasteiger charge is 2.07. The second-order valence-electron chi connectivity index (χ2n) is 4.33. The Morgan fingerprint density at radius 3 is 2.35 bits per heavy atom. The Balaban J connectivity index is 2.62. The monoisotopic (exact) mass is 254 g/mol. The topological polar surface area (TPSA) is 43.4 Å². The van der Waals surface area contributed by atoms with E-state index in [9.17, 15) is 9.00 Å². The zero-order valence-electron chi connectivity index (χ0n) is 10.4. The molecular weight excluding hydrogens is 236 g/mol. The Bertz CT molecular complexity index is 396. The fourth-order valence-electron chi connectivity index (χ4n) is 1.47. The lowest BCUT2D eigenvalue weighted by molar-refractivity contribution is 0.0600. The molecule has 1 unspecified atom stereocenters. The number of carbonyl (C=O) groups is 1. The van der Waals surface area contributed by atoms with E-state index < -0.39 is 10.8 Å². The molecule has 0 amide bonds. The number of ether oxygens (including phenoxy) is 1. The summed E-state index contributed by atoms with van der Waals surface area (Å²) in [7, 11) is 0.519. The van der Waals surface area contributed by atoms with E-state index in [0.717, 1.165) is 5.56 Å². The zero-order valence-corrected chi connectivity index (χ0v) is 11.3. The van der Waals surface area contributed by atoms with Crippen LogP contribution in [0.25, 0.3) is 0 Å². The molecule has 0 radical (unpaired) electrons. The maximum absolute atomic E-state index is 11.7. The summed E-state index contributed by atoms with van der Waals surface area (Å²) >= 11 is 0. The van der Waals surface area contributed by atoms with Crippen molar-refractivity contribution < 1.29 is 13.7 Å². The van der Waals surface area contributed by atoms with Crippen molar-refractivity contribution in [3.05, 3.63) is 35.4 Å². The van der Waals surface area contributed by atoms with Crippen molar-refractivity contribution in [1.82, 2.24) is 0 Å². The highest BCUT2D eigenvalue weighted by molar-refractivity contribution is 7.84. The van der Waals surface area contributed by atoms with Crippen LogP contribution in [0.2, 0.25) is 0 Å². The van der Waals surface area contributed by atoms with Crippen LogP contribution in [0.3, 0.4) is 0 Å². The molecule has 17 heavy (non-hydrogen) atoms. The Labute approximate surface area is 105 Å². The fourth-order valence-corrected chi connectivity index (χ4v) is 2.90. The van der Waals surface area contributed by atoms with Crippen LogP contribution >= 0.6 is 0 Å². The Hall–Kier alpha value is -1.16. The van der Waals surface area contributed by atoms with Gasteiger partial charge in [-0.05, 0) is 23.6 Å². The summed E-state index contributed by atoms with van der Waals surface area (Å²) in [4.78, 5) is 11.2. The van der Waals surface area contributed by atoms with Crippen molar-refractivity contribution in [3.63, 3.8) is 0 Å². The molecule has 0 heterocycles. The van der Waals surface area contributed by atoms with Crippen molar-refractivity contribution >= 4 is 16.8 Å². The molecule has 0 N–H and O–H groups in total. The minimum atomic E-state index is -0.836. The van der Waals surface area contributed by atoms with E-state index in [2.05, 4.69) is 18.6 Å². The third-order valence-electron chi connectivity index (χ3n) is 2.22. The molecular formula is C13H18O3S. The van der Waals surface area contributed by atoms with Crippen molar-refractivity contribution in [2.45, 2.75) is 19.6 Å². The summed E-state index contributed by atoms with van der Waals surface area (Å²) in [6.45, 7) is 4.11. The molecule has 1 aromatic rings. The molecule has 1 rings (SSSR count). The lowest BCUT2D eigenvalue weighted by Gasteiger charge is -2.06. The van der Waals surface area contributed by atoms with Gasteiger partial charge < -0.3 is 4.74 Å². The van der Waals surface area contributed by atoms with Crippen LogP contribution in [-0.4, -0.2) is 23.0 Å². The van der Waals surface area contributed by atoms with Crippen LogP contribution in [0.5, 0.6) is 0 Å². The molecule has 1 atom stereocenters. The van der Waals surface area contributed by atoms with Gasteiger partial charge in [0.1, 0.15) is 0 Å². The van der Waals surface area contributed by atoms with E-state index in [0.29, 0.717) is 23.0 Å². The van der Waals surface area contributed by atoms with Gasteiger partial charge >= 0.3 is 5.97 Å². The number of hydrogen-bond donors (Lipinski definition) is 0. The van der Waals surface area contributed by atoms with E-state index in [1.807, 2.05) is 12.1 Å². The lowest BCUT2D eigenvalue weighted by atomic mass is 10.1. The van der Waals surface area contributed by atoms with E-state index in [-0.39, 0.29) is 5.97 Å². The van der Waals surface area contributed by atoms with Gasteiger partial charge in [0.2, 0.25) is 0 Å². The number of methoxy groups -OCH3 is 1. The second kappa shape index (κ2) is 6.55. The fraction of sp³-hybridized carbons (Fsp3) is 0.462. The van der Waals surface area contributed by atoms with Crippen LogP contribution in [0.15, 0.2) is 24.3 Å². The van der Waals surface area contributed by atoms with Crippen molar-refractivity contribution in [1.29, 1.82) is 0 Å². The maximum Gasteiger partial charge on any atom is 0.337 e. The predicted octanol–water partition coefficient (Wildman–Crippen LogP) is 2.38. The van der Waals surface area contributed by atoms with E-state index in [4.69, 9.17) is 0 Å². The number of hydrogen-bond acceptors (Lipinski definition) is 3. The number of carbonyl (C=O) groups excluding carboxylic acids is 1. The molecule has 0 bridgehead atoms. The Morgan fingerprint density at radius 2 is 1.88 bits per heavy atom. The minimum absolute atomic E-state index is 0.347. The molecule has 94 valence electrons. The summed E-state index contributed by atoms with van der Waals surface area (Å²) in [5, 5.41) is 0. The molecule has 0 spiro atoms. The molecule has 0 aliphatic rings. The molecule has 1 aromatic carbocycles. The summed E-state index contributed by atoms with van der Waals surface area (Å²) in [5.41, 5.74) is 1.50. The summed E-state index contributed by atoms with van der Waals surface area (Å²) in [6, 6.07) is 7.05. The normalized spacial score (nSPS) is 12.5. The van der Waals surface area contributed by atoms with Crippen molar-refractivity contribution in [2.24, 2.45) is 5.92 Å². The molecule has 0 aromatic heterocycles. The maximum atomic E-state index is 11.7. The number of esters is 1. The average molecular weight is 254 g/mol. The van der Waals surface area contributed by atoms with Gasteiger partial charge in [-0.3, -0.25) is 4.21 Å². The molecule has 0 aliphatic carbocycles. The van der Waals surface area contributed by atoms with Crippen molar-refractivity contribution in [3.8, 4) is 0 Å². The van der Waals surface area contributed by atoms with Crippen LogP contribution in [0.4, 0.5) is 0 Å². The van der Waals surface area contributed by atoms with Gasteiger partial charge in [-0.1, -0.05) is 26.0 Å². The summed E-state index contributed by atoms with van der Waals surface area (Å²) in [6.07, 6.45) is 0. The van der Waals surface area contributed by atoms with E-state index >= 15 is 0 Å².